The Morgan fingerprint density at radius 2 is 1.66 bits per heavy atom. The number of rotatable bonds is 7. The zero-order chi connectivity index (χ0) is 22.7. The second-order valence-corrected chi connectivity index (χ2v) is 7.25. The lowest BCUT2D eigenvalue weighted by atomic mass is 10.0. The van der Waals surface area contributed by atoms with Gasteiger partial charge in [-0.15, -0.1) is 0 Å². The molecule has 0 aliphatic heterocycles. The fraction of sp³-hybridized carbons (Fsp3) is 0.208. The van der Waals surface area contributed by atoms with Crippen LogP contribution in [0.4, 0.5) is 0 Å². The van der Waals surface area contributed by atoms with E-state index in [2.05, 4.69) is 10.4 Å². The minimum absolute atomic E-state index is 0.263. The molecule has 0 atom stereocenters. The molecule has 4 aromatic rings. The van der Waals surface area contributed by atoms with Gasteiger partial charge in [0, 0.05) is 18.2 Å². The average molecular weight is 432 g/mol. The maximum Gasteiger partial charge on any atom is 0.368 e. The Bertz CT molecular complexity index is 1290. The summed E-state index contributed by atoms with van der Waals surface area (Å²) in [6.07, 6.45) is 0. The molecule has 0 radical (unpaired) electrons. The van der Waals surface area contributed by atoms with Crippen molar-refractivity contribution in [1.29, 1.82) is 0 Å². The highest BCUT2D eigenvalue weighted by Crippen LogP contribution is 2.34. The summed E-state index contributed by atoms with van der Waals surface area (Å²) in [6, 6.07) is 19.1. The summed E-state index contributed by atoms with van der Waals surface area (Å²) < 4.78 is 19.4. The normalized spacial score (nSPS) is 10.8. The van der Waals surface area contributed by atoms with Gasteiger partial charge in [0.1, 0.15) is 23.9 Å². The molecule has 0 fully saturated rings. The van der Waals surface area contributed by atoms with Gasteiger partial charge in [-0.3, -0.25) is 0 Å². The first-order valence-corrected chi connectivity index (χ1v) is 10.0. The molecule has 8 nitrogen and oxygen atoms in total. The molecule has 1 heterocycles. The van der Waals surface area contributed by atoms with E-state index in [4.69, 9.17) is 14.2 Å². The highest BCUT2D eigenvalue weighted by Gasteiger charge is 2.14. The van der Waals surface area contributed by atoms with Crippen LogP contribution in [-0.2, 0) is 13.7 Å². The van der Waals surface area contributed by atoms with Crippen LogP contribution in [0.5, 0.6) is 17.2 Å². The summed E-state index contributed by atoms with van der Waals surface area (Å²) in [5, 5.41) is 7.78. The lowest BCUT2D eigenvalue weighted by Crippen LogP contribution is -2.23. The fourth-order valence-electron chi connectivity index (χ4n) is 3.47. The van der Waals surface area contributed by atoms with Crippen molar-refractivity contribution in [2.45, 2.75) is 13.5 Å². The quantitative estimate of drug-likeness (QED) is 0.444. The number of benzene rings is 3. The Hall–Kier alpha value is -4.07. The van der Waals surface area contributed by atoms with E-state index in [9.17, 15) is 4.79 Å². The Labute approximate surface area is 185 Å². The third-order valence-electron chi connectivity index (χ3n) is 5.29. The summed E-state index contributed by atoms with van der Waals surface area (Å²) in [7, 11) is 4.84. The molecule has 0 aliphatic carbocycles. The minimum Gasteiger partial charge on any atom is -0.497 e. The lowest BCUT2D eigenvalue weighted by Gasteiger charge is -2.15. The predicted molar refractivity (Wildman–Crippen MR) is 121 cm³/mol. The van der Waals surface area contributed by atoms with Crippen molar-refractivity contribution in [3.63, 3.8) is 0 Å². The number of nitrogens with zero attached hydrogens (tertiary/aromatic N) is 4. The number of aromatic nitrogens is 4. The van der Waals surface area contributed by atoms with Crippen molar-refractivity contribution in [1.82, 2.24) is 19.8 Å². The van der Waals surface area contributed by atoms with E-state index in [1.807, 2.05) is 67.6 Å². The Morgan fingerprint density at radius 1 is 0.906 bits per heavy atom. The second-order valence-electron chi connectivity index (χ2n) is 7.25. The van der Waals surface area contributed by atoms with Gasteiger partial charge in [0.2, 0.25) is 0 Å². The van der Waals surface area contributed by atoms with Crippen LogP contribution in [0, 0.1) is 6.92 Å². The maximum atomic E-state index is 12.4. The first kappa shape index (κ1) is 21.2. The fourth-order valence-corrected chi connectivity index (χ4v) is 3.47. The van der Waals surface area contributed by atoms with Crippen LogP contribution in [0.2, 0.25) is 0 Å². The number of tetrazole rings is 1. The number of hydrogen-bond donors (Lipinski definition) is 0. The Balaban J connectivity index is 1.65. The van der Waals surface area contributed by atoms with E-state index in [0.717, 1.165) is 33.8 Å². The molecule has 8 heteroatoms. The van der Waals surface area contributed by atoms with Crippen LogP contribution in [-0.4, -0.2) is 34.0 Å². The average Bonchev–Trinajstić information content (AvgIpc) is 3.16. The number of ether oxygens (including phenoxy) is 3. The molecule has 0 bridgehead atoms. The molecule has 32 heavy (non-hydrogen) atoms. The topological polar surface area (TPSA) is 80.4 Å². The van der Waals surface area contributed by atoms with E-state index < -0.39 is 0 Å². The summed E-state index contributed by atoms with van der Waals surface area (Å²) in [6.45, 7) is 2.24. The SMILES string of the molecule is COc1ccc(-c2cc(OCc3c(C)cccc3-n3nnn(C)c3=O)ccc2OC)cc1. The molecule has 0 amide bonds. The Morgan fingerprint density at radius 3 is 2.31 bits per heavy atom. The van der Waals surface area contributed by atoms with Gasteiger partial charge in [-0.25, -0.2) is 4.79 Å². The zero-order valence-electron chi connectivity index (χ0n) is 18.4. The Kier molecular flexibility index (Phi) is 5.93. The van der Waals surface area contributed by atoms with E-state index in [0.29, 0.717) is 11.4 Å². The second kappa shape index (κ2) is 8.97. The third kappa shape index (κ3) is 4.07. The van der Waals surface area contributed by atoms with Crippen molar-refractivity contribution < 1.29 is 14.2 Å². The van der Waals surface area contributed by atoms with E-state index >= 15 is 0 Å². The van der Waals surface area contributed by atoms with Gasteiger partial charge in [-0.2, -0.15) is 9.36 Å². The first-order chi connectivity index (χ1) is 15.5. The van der Waals surface area contributed by atoms with Crippen LogP contribution in [0.3, 0.4) is 0 Å². The first-order valence-electron chi connectivity index (χ1n) is 10.0. The molecule has 0 saturated carbocycles. The van der Waals surface area contributed by atoms with Gasteiger partial charge < -0.3 is 14.2 Å². The number of aryl methyl sites for hydroxylation is 2. The minimum atomic E-state index is -0.317. The maximum absolute atomic E-state index is 12.4. The van der Waals surface area contributed by atoms with Crippen LogP contribution in [0.1, 0.15) is 11.1 Å². The summed E-state index contributed by atoms with van der Waals surface area (Å²) in [4.78, 5) is 12.4. The molecule has 0 aliphatic rings. The van der Waals surface area contributed by atoms with Crippen molar-refractivity contribution in [2.75, 3.05) is 14.2 Å². The molecule has 0 saturated heterocycles. The van der Waals surface area contributed by atoms with Crippen molar-refractivity contribution in [3.8, 4) is 34.1 Å². The smallest absolute Gasteiger partial charge is 0.368 e. The standard InChI is InChI=1S/C24H24N4O4/c1-16-6-5-7-22(28-24(29)27(2)25-26-28)21(16)15-32-19-12-13-23(31-4)20(14-19)17-8-10-18(30-3)11-9-17/h5-14H,15H2,1-4H3. The summed E-state index contributed by atoms with van der Waals surface area (Å²) in [5.74, 6) is 2.20. The van der Waals surface area contributed by atoms with Crippen LogP contribution in [0.15, 0.2) is 65.5 Å². The van der Waals surface area contributed by atoms with E-state index in [-0.39, 0.29) is 12.3 Å². The molecule has 0 spiro atoms. The molecule has 1 aromatic heterocycles. The van der Waals surface area contributed by atoms with Crippen LogP contribution in [0.25, 0.3) is 16.8 Å². The number of methoxy groups -OCH3 is 2. The van der Waals surface area contributed by atoms with Crippen LogP contribution >= 0.6 is 0 Å². The largest absolute Gasteiger partial charge is 0.497 e. The van der Waals surface area contributed by atoms with Crippen LogP contribution < -0.4 is 19.9 Å². The third-order valence-corrected chi connectivity index (χ3v) is 5.29. The molecule has 3 aromatic carbocycles. The van der Waals surface area contributed by atoms with E-state index in [1.54, 1.807) is 21.3 Å². The molecule has 164 valence electrons. The molecular weight excluding hydrogens is 408 g/mol. The van der Waals surface area contributed by atoms with Gasteiger partial charge in [0.05, 0.1) is 19.9 Å². The highest BCUT2D eigenvalue weighted by atomic mass is 16.5. The van der Waals surface area contributed by atoms with Crippen molar-refractivity contribution in [3.05, 3.63) is 82.3 Å². The van der Waals surface area contributed by atoms with Crippen molar-refractivity contribution in [2.24, 2.45) is 7.05 Å². The predicted octanol–water partition coefficient (Wildman–Crippen LogP) is 3.54. The monoisotopic (exact) mass is 432 g/mol. The van der Waals surface area contributed by atoms with E-state index in [1.165, 1.54) is 9.36 Å². The van der Waals surface area contributed by atoms with Gasteiger partial charge >= 0.3 is 5.69 Å². The molecular formula is C24H24N4O4. The zero-order valence-corrected chi connectivity index (χ0v) is 18.4. The highest BCUT2D eigenvalue weighted by molar-refractivity contribution is 5.72. The van der Waals surface area contributed by atoms with Gasteiger partial charge in [-0.05, 0) is 64.9 Å². The molecule has 4 rings (SSSR count). The summed E-state index contributed by atoms with van der Waals surface area (Å²) >= 11 is 0. The number of hydrogen-bond acceptors (Lipinski definition) is 6. The van der Waals surface area contributed by atoms with Gasteiger partial charge in [0.15, 0.2) is 0 Å². The van der Waals surface area contributed by atoms with Crippen molar-refractivity contribution >= 4 is 0 Å². The molecule has 0 unspecified atom stereocenters. The van der Waals surface area contributed by atoms with Gasteiger partial charge in [0.25, 0.3) is 0 Å². The van der Waals surface area contributed by atoms with Gasteiger partial charge in [-0.1, -0.05) is 24.3 Å². The molecule has 0 N–H and O–H groups in total. The lowest BCUT2D eigenvalue weighted by molar-refractivity contribution is 0.304. The summed E-state index contributed by atoms with van der Waals surface area (Å²) in [5.41, 5.74) is 4.06.